The average molecular weight is 401 g/mol. The van der Waals surface area contributed by atoms with Gasteiger partial charge in [0.2, 0.25) is 5.91 Å². The second kappa shape index (κ2) is 7.36. The molecule has 1 aliphatic heterocycles. The van der Waals surface area contributed by atoms with Crippen LogP contribution in [0.25, 0.3) is 0 Å². The summed E-state index contributed by atoms with van der Waals surface area (Å²) in [6.45, 7) is -0.264. The molecule has 2 aliphatic rings. The molecule has 138 valence electrons. The predicted octanol–water partition coefficient (Wildman–Crippen LogP) is 3.11. The summed E-state index contributed by atoms with van der Waals surface area (Å²) in [4.78, 5) is 31.7. The molecule has 2 heterocycles. The van der Waals surface area contributed by atoms with Crippen LogP contribution < -0.4 is 10.6 Å². The van der Waals surface area contributed by atoms with Crippen LogP contribution in [0.15, 0.2) is 69.5 Å². The van der Waals surface area contributed by atoms with E-state index in [1.54, 1.807) is 22.9 Å². The molecule has 0 unspecified atom stereocenters. The fourth-order valence-corrected chi connectivity index (χ4v) is 5.16. The van der Waals surface area contributed by atoms with Crippen LogP contribution in [0.5, 0.6) is 0 Å². The molecule has 0 bridgehead atoms. The highest BCUT2D eigenvalue weighted by Crippen LogP contribution is 2.43. The van der Waals surface area contributed by atoms with Crippen LogP contribution in [0, 0.1) is 5.82 Å². The van der Waals surface area contributed by atoms with Crippen molar-refractivity contribution in [2.24, 2.45) is 0 Å². The predicted molar refractivity (Wildman–Crippen MR) is 106 cm³/mol. The number of rotatable bonds is 3. The van der Waals surface area contributed by atoms with E-state index in [4.69, 9.17) is 0 Å². The van der Waals surface area contributed by atoms with Crippen LogP contribution in [0.4, 0.5) is 10.1 Å². The fraction of sp³-hybridized carbons (Fsp3) is 0.211. The zero-order chi connectivity index (χ0) is 19.0. The molecule has 0 saturated carbocycles. The summed E-state index contributed by atoms with van der Waals surface area (Å²) in [5, 5.41) is 0.204. The summed E-state index contributed by atoms with van der Waals surface area (Å²) in [6, 6.07) is 7.53. The molecule has 1 amide bonds. The number of thioether (sulfide) groups is 2. The second-order valence-corrected chi connectivity index (χ2v) is 8.07. The van der Waals surface area contributed by atoms with Gasteiger partial charge in [0.1, 0.15) is 11.6 Å². The first-order valence-corrected chi connectivity index (χ1v) is 10.4. The average Bonchev–Trinajstić information content (AvgIpc) is 2.69. The number of carbonyl (C=O) groups is 1. The number of benzene rings is 1. The van der Waals surface area contributed by atoms with Crippen LogP contribution in [0.3, 0.4) is 0 Å². The Morgan fingerprint density at radius 2 is 2.07 bits per heavy atom. The summed E-state index contributed by atoms with van der Waals surface area (Å²) in [6.07, 6.45) is 10.5. The third-order valence-electron chi connectivity index (χ3n) is 4.47. The lowest BCUT2D eigenvalue weighted by Crippen LogP contribution is -2.49. The van der Waals surface area contributed by atoms with E-state index in [1.807, 2.05) is 42.5 Å². The Bertz CT molecular complexity index is 1020. The smallest absolute Gasteiger partial charge is 0.301 e. The van der Waals surface area contributed by atoms with Crippen molar-refractivity contribution in [3.05, 3.63) is 71.1 Å². The fourth-order valence-electron chi connectivity index (χ4n) is 3.29. The summed E-state index contributed by atoms with van der Waals surface area (Å²) < 4.78 is 15.1. The first-order valence-electron chi connectivity index (χ1n) is 8.32. The van der Waals surface area contributed by atoms with Gasteiger partial charge in [0, 0.05) is 4.90 Å². The van der Waals surface area contributed by atoms with Crippen molar-refractivity contribution in [3.8, 4) is 0 Å². The molecule has 4 rings (SSSR count). The lowest BCUT2D eigenvalue weighted by atomic mass is 10.0. The molecule has 2 atom stereocenters. The van der Waals surface area contributed by atoms with Crippen LogP contribution in [-0.4, -0.2) is 33.0 Å². The van der Waals surface area contributed by atoms with Gasteiger partial charge in [0.15, 0.2) is 5.82 Å². The molecule has 1 aromatic heterocycles. The van der Waals surface area contributed by atoms with Gasteiger partial charge in [-0.15, -0.1) is 23.5 Å². The Morgan fingerprint density at radius 3 is 2.89 bits per heavy atom. The third-order valence-corrected chi connectivity index (χ3v) is 6.58. The zero-order valence-electron chi connectivity index (χ0n) is 14.4. The van der Waals surface area contributed by atoms with Gasteiger partial charge in [-0.3, -0.25) is 9.36 Å². The lowest BCUT2D eigenvalue weighted by molar-refractivity contribution is -0.119. The molecular formula is C19H16FN3O2S2. The van der Waals surface area contributed by atoms with Crippen molar-refractivity contribution in [2.45, 2.75) is 27.8 Å². The Balaban J connectivity index is 1.75. The van der Waals surface area contributed by atoms with E-state index in [-0.39, 0.29) is 28.8 Å². The Hall–Kier alpha value is -2.32. The highest BCUT2D eigenvalue weighted by Gasteiger charge is 2.36. The van der Waals surface area contributed by atoms with Gasteiger partial charge < -0.3 is 4.90 Å². The molecule has 0 radical (unpaired) electrons. The normalized spacial score (nSPS) is 20.3. The molecule has 27 heavy (non-hydrogen) atoms. The Morgan fingerprint density at radius 1 is 1.30 bits per heavy atom. The van der Waals surface area contributed by atoms with Crippen LogP contribution in [-0.2, 0) is 11.3 Å². The number of para-hydroxylation sites is 1. The van der Waals surface area contributed by atoms with Gasteiger partial charge in [-0.1, -0.05) is 36.4 Å². The summed E-state index contributed by atoms with van der Waals surface area (Å²) in [7, 11) is 0. The van der Waals surface area contributed by atoms with Crippen molar-refractivity contribution >= 4 is 35.1 Å². The molecule has 5 nitrogen and oxygen atoms in total. The number of hydrogen-bond donors (Lipinski definition) is 0. The summed E-state index contributed by atoms with van der Waals surface area (Å²) in [5.41, 5.74) is 0.168. The minimum absolute atomic E-state index is 0.0937. The molecule has 1 aliphatic carbocycles. The van der Waals surface area contributed by atoms with E-state index >= 15 is 0 Å². The van der Waals surface area contributed by atoms with Crippen molar-refractivity contribution in [1.82, 2.24) is 9.55 Å². The maximum Gasteiger partial charge on any atom is 0.349 e. The number of amides is 1. The monoisotopic (exact) mass is 401 g/mol. The maximum atomic E-state index is 14.0. The van der Waals surface area contributed by atoms with Gasteiger partial charge in [0.05, 0.1) is 23.2 Å². The highest BCUT2D eigenvalue weighted by atomic mass is 32.2. The standard InChI is InChI=1S/C19H16FN3O2S2/c1-26-18-12(20)10-21-19(25)22(18)11-17(24)23-13-6-2-4-8-15(13)27-16-9-5-3-7-14(16)23/h2-10,13,15H,11H2,1H3/t13-,15+/m1/s1. The SMILES string of the molecule is CSc1c(F)cnc(=O)n1CC(=O)N1c2ccccc2S[C@H]2C=CC=C[C@H]21. The molecule has 1 aromatic carbocycles. The minimum atomic E-state index is -0.635. The topological polar surface area (TPSA) is 55.2 Å². The van der Waals surface area contributed by atoms with E-state index in [0.29, 0.717) is 0 Å². The van der Waals surface area contributed by atoms with Crippen LogP contribution in [0.2, 0.25) is 0 Å². The number of carbonyl (C=O) groups excluding carboxylic acids is 1. The van der Waals surface area contributed by atoms with Gasteiger partial charge in [-0.2, -0.15) is 4.98 Å². The highest BCUT2D eigenvalue weighted by molar-refractivity contribution is 8.00. The number of halogens is 1. The first kappa shape index (κ1) is 18.1. The lowest BCUT2D eigenvalue weighted by Gasteiger charge is -2.40. The minimum Gasteiger partial charge on any atom is -0.301 e. The number of nitrogens with zero attached hydrogens (tertiary/aromatic N) is 3. The molecule has 0 fully saturated rings. The molecule has 0 saturated heterocycles. The molecule has 0 N–H and O–H groups in total. The number of fused-ring (bicyclic) bond motifs is 2. The number of aromatic nitrogens is 2. The van der Waals surface area contributed by atoms with Gasteiger partial charge in [-0.25, -0.2) is 9.18 Å². The molecule has 0 spiro atoms. The summed E-state index contributed by atoms with van der Waals surface area (Å²) >= 11 is 2.79. The second-order valence-electron chi connectivity index (χ2n) is 6.06. The largest absolute Gasteiger partial charge is 0.349 e. The van der Waals surface area contributed by atoms with Crippen molar-refractivity contribution in [2.75, 3.05) is 11.2 Å². The van der Waals surface area contributed by atoms with E-state index < -0.39 is 11.5 Å². The van der Waals surface area contributed by atoms with Gasteiger partial charge in [0.25, 0.3) is 0 Å². The van der Waals surface area contributed by atoms with Gasteiger partial charge >= 0.3 is 5.69 Å². The van der Waals surface area contributed by atoms with Crippen molar-refractivity contribution < 1.29 is 9.18 Å². The van der Waals surface area contributed by atoms with Gasteiger partial charge in [-0.05, 0) is 18.4 Å². The zero-order valence-corrected chi connectivity index (χ0v) is 16.0. The van der Waals surface area contributed by atoms with E-state index in [9.17, 15) is 14.0 Å². The molecule has 2 aromatic rings. The van der Waals surface area contributed by atoms with Crippen molar-refractivity contribution in [3.63, 3.8) is 0 Å². The number of anilines is 1. The van der Waals surface area contributed by atoms with E-state index in [0.717, 1.165) is 33.1 Å². The first-order chi connectivity index (χ1) is 13.1. The van der Waals surface area contributed by atoms with E-state index in [1.165, 1.54) is 0 Å². The third kappa shape index (κ3) is 3.23. The number of allylic oxidation sites excluding steroid dienone is 2. The summed E-state index contributed by atoms with van der Waals surface area (Å²) in [5.74, 6) is -0.884. The van der Waals surface area contributed by atoms with Crippen LogP contribution >= 0.6 is 23.5 Å². The molecular weight excluding hydrogens is 385 g/mol. The Kier molecular flexibility index (Phi) is 4.92. The van der Waals surface area contributed by atoms with E-state index in [2.05, 4.69) is 11.1 Å². The van der Waals surface area contributed by atoms with Crippen molar-refractivity contribution in [1.29, 1.82) is 0 Å². The maximum absolute atomic E-state index is 14.0. The number of hydrogen-bond acceptors (Lipinski definition) is 5. The van der Waals surface area contributed by atoms with Crippen LogP contribution in [0.1, 0.15) is 0 Å². The molecule has 8 heteroatoms. The Labute approximate surface area is 164 Å². The quantitative estimate of drug-likeness (QED) is 0.584.